The topological polar surface area (TPSA) is 0 Å². The molecule has 0 saturated heterocycles. The molecular weight excluding hydrogens is 649 g/mol. The molecule has 54 heavy (non-hydrogen) atoms. The Kier molecular flexibility index (Phi) is 6.97. The minimum atomic E-state index is 0.000189. The Morgan fingerprint density at radius 3 is 0.796 bits per heavy atom. The van der Waals surface area contributed by atoms with Gasteiger partial charge in [-0.05, 0) is 167 Å². The van der Waals surface area contributed by atoms with Gasteiger partial charge < -0.3 is 0 Å². The molecule has 3 aromatic carbocycles. The van der Waals surface area contributed by atoms with Gasteiger partial charge in [-0.25, -0.2) is 0 Å². The molecule has 0 heterocycles. The van der Waals surface area contributed by atoms with E-state index in [2.05, 4.69) is 112 Å². The van der Waals surface area contributed by atoms with Crippen molar-refractivity contribution in [1.82, 2.24) is 0 Å². The van der Waals surface area contributed by atoms with Gasteiger partial charge >= 0.3 is 0 Å². The fraction of sp³-hybridized carbons (Fsp3) is 0.444. The number of hydrogen-bond donors (Lipinski definition) is 0. The zero-order chi connectivity index (χ0) is 38.2. The molecule has 8 saturated carbocycles. The summed E-state index contributed by atoms with van der Waals surface area (Å²) in [4.78, 5) is 0. The second-order valence-electron chi connectivity index (χ2n) is 20.8. The van der Waals surface area contributed by atoms with E-state index in [4.69, 9.17) is 38.5 Å². The van der Waals surface area contributed by atoms with Gasteiger partial charge in [-0.3, -0.25) is 0 Å². The van der Waals surface area contributed by atoms with E-state index in [9.17, 15) is 0 Å². The Labute approximate surface area is 325 Å². The third kappa shape index (κ3) is 4.74. The van der Waals surface area contributed by atoms with Crippen molar-refractivity contribution in [3.8, 4) is 74.1 Å². The molecule has 8 aliphatic carbocycles. The predicted octanol–water partition coefficient (Wildman–Crippen LogP) is 10.7. The molecule has 8 aliphatic rings. The normalized spacial score (nSPS) is 39.1. The average molecular weight is 699 g/mol. The molecule has 11 rings (SSSR count). The largest absolute Gasteiger partial charge is 0.115 e. The van der Waals surface area contributed by atoms with Crippen molar-refractivity contribution >= 4 is 0 Å². The van der Waals surface area contributed by atoms with Gasteiger partial charge in [0.1, 0.15) is 0 Å². The van der Waals surface area contributed by atoms with Crippen molar-refractivity contribution in [1.29, 1.82) is 0 Å². The van der Waals surface area contributed by atoms with Crippen LogP contribution in [0.3, 0.4) is 0 Å². The Bertz CT molecular complexity index is 2160. The first kappa shape index (κ1) is 34.8. The molecule has 8 bridgehead atoms. The zero-order valence-electron chi connectivity index (χ0n) is 32.6. The third-order valence-electron chi connectivity index (χ3n) is 15.7. The average Bonchev–Trinajstić information content (AvgIpc) is 3.10. The van der Waals surface area contributed by atoms with E-state index in [1.807, 2.05) is 0 Å². The summed E-state index contributed by atoms with van der Waals surface area (Å²) in [6.07, 6.45) is 50.4. The van der Waals surface area contributed by atoms with Gasteiger partial charge in [-0.15, -0.1) is 38.5 Å². The van der Waals surface area contributed by atoms with Crippen LogP contribution in [0, 0.1) is 95.7 Å². The maximum atomic E-state index is 6.06. The maximum absolute atomic E-state index is 6.06. The van der Waals surface area contributed by atoms with Crippen LogP contribution in [0.4, 0.5) is 0 Å². The Morgan fingerprint density at radius 2 is 0.574 bits per heavy atom. The molecule has 0 aliphatic heterocycles. The van der Waals surface area contributed by atoms with Crippen LogP contribution in [0.2, 0.25) is 0 Å². The van der Waals surface area contributed by atoms with Gasteiger partial charge in [-0.1, -0.05) is 87.5 Å². The second-order valence-corrected chi connectivity index (χ2v) is 20.8. The van der Waals surface area contributed by atoms with Crippen molar-refractivity contribution in [3.63, 3.8) is 0 Å². The van der Waals surface area contributed by atoms with Crippen LogP contribution >= 0.6 is 0 Å². The quantitative estimate of drug-likeness (QED) is 0.238. The van der Waals surface area contributed by atoms with Crippen LogP contribution < -0.4 is 0 Å². The van der Waals surface area contributed by atoms with Crippen LogP contribution in [0.15, 0.2) is 48.5 Å². The van der Waals surface area contributed by atoms with Gasteiger partial charge in [0.25, 0.3) is 0 Å². The third-order valence-corrected chi connectivity index (χ3v) is 15.7. The highest BCUT2D eigenvalue weighted by Gasteiger charge is 2.68. The summed E-state index contributed by atoms with van der Waals surface area (Å²) in [5, 5.41) is 0. The predicted molar refractivity (Wildman–Crippen MR) is 221 cm³/mol. The molecule has 266 valence electrons. The number of terminal acetylenes is 6. The Morgan fingerprint density at radius 1 is 0.333 bits per heavy atom. The van der Waals surface area contributed by atoms with E-state index >= 15 is 0 Å². The van der Waals surface area contributed by atoms with E-state index < -0.39 is 0 Å². The molecule has 3 aromatic rings. The molecule has 0 N–H and O–H groups in total. The van der Waals surface area contributed by atoms with Crippen LogP contribution in [0.25, 0.3) is 0 Å². The molecule has 0 heteroatoms. The highest BCUT2D eigenvalue weighted by atomic mass is 14.7. The summed E-state index contributed by atoms with van der Waals surface area (Å²) in [6.45, 7) is 10.2. The van der Waals surface area contributed by atoms with E-state index in [-0.39, 0.29) is 43.3 Å². The van der Waals surface area contributed by atoms with Crippen LogP contribution in [-0.4, -0.2) is 0 Å². The second kappa shape index (κ2) is 10.8. The molecule has 0 nitrogen and oxygen atoms in total. The van der Waals surface area contributed by atoms with Crippen molar-refractivity contribution in [2.45, 2.75) is 126 Å². The number of rotatable bonds is 4. The summed E-state index contributed by atoms with van der Waals surface area (Å²) in [6, 6.07) is 19.0. The Hall–Kier alpha value is -4.98. The number of benzene rings is 3. The summed E-state index contributed by atoms with van der Waals surface area (Å²) in [5.41, 5.74) is 11.0. The lowest BCUT2D eigenvalue weighted by Crippen LogP contribution is -2.63. The minimum absolute atomic E-state index is 0.000189. The standard InChI is InChI=1S/C54H50/c1-11-37-21-43(22-38(12-2)45(37)15-5)53-31-47(7)25-48(8,32-53)28-51(27-47,35-53)41-17-19-42(20-18-41)52-29-49(9)26-50(10,30-52)34-54(33-49,36-52)44-23-39(13-3)46(16-6)40(14-4)24-44/h1-6,17-24H,25-36H2,7-10H3. The van der Waals surface area contributed by atoms with Crippen LogP contribution in [-0.2, 0) is 21.7 Å². The van der Waals surface area contributed by atoms with Crippen molar-refractivity contribution in [2.24, 2.45) is 21.7 Å². The maximum Gasteiger partial charge on any atom is 0.0555 e. The van der Waals surface area contributed by atoms with E-state index in [0.717, 1.165) is 60.8 Å². The molecule has 0 amide bonds. The summed E-state index contributed by atoms with van der Waals surface area (Å²) in [7, 11) is 0. The van der Waals surface area contributed by atoms with Gasteiger partial charge in [0.05, 0.1) is 11.1 Å². The van der Waals surface area contributed by atoms with Gasteiger partial charge in [-0.2, -0.15) is 0 Å². The fourth-order valence-corrected chi connectivity index (χ4v) is 16.5. The van der Waals surface area contributed by atoms with Gasteiger partial charge in [0, 0.05) is 22.3 Å². The first-order valence-corrected chi connectivity index (χ1v) is 19.8. The zero-order valence-corrected chi connectivity index (χ0v) is 32.6. The first-order valence-electron chi connectivity index (χ1n) is 19.8. The smallest absolute Gasteiger partial charge is 0.0555 e. The highest BCUT2D eigenvalue weighted by molar-refractivity contribution is 5.62. The fourth-order valence-electron chi connectivity index (χ4n) is 16.5. The molecule has 0 radical (unpaired) electrons. The SMILES string of the molecule is C#Cc1cc(C23CC4(C)CC(C)(CC(c5ccc(C67CC8(C)CC(C)(C6)CC(c6cc(C#C)c(C#C)c(C#C)c6)(C8)C7)cc5)(C4)C2)C3)cc(C#C)c1C#C. The summed E-state index contributed by atoms with van der Waals surface area (Å²) in [5.74, 6) is 17.1. The molecule has 4 atom stereocenters. The van der Waals surface area contributed by atoms with Crippen molar-refractivity contribution in [2.75, 3.05) is 0 Å². The van der Waals surface area contributed by atoms with Crippen LogP contribution in [0.1, 0.15) is 160 Å². The summed E-state index contributed by atoms with van der Waals surface area (Å²) < 4.78 is 0. The molecule has 4 unspecified atom stereocenters. The van der Waals surface area contributed by atoms with Crippen molar-refractivity contribution in [3.05, 3.63) is 104 Å². The lowest BCUT2D eigenvalue weighted by atomic mass is 9.34. The van der Waals surface area contributed by atoms with Crippen LogP contribution in [0.5, 0.6) is 0 Å². The summed E-state index contributed by atoms with van der Waals surface area (Å²) >= 11 is 0. The number of hydrogen-bond acceptors (Lipinski definition) is 0. The highest BCUT2D eigenvalue weighted by Crippen LogP contribution is 2.76. The monoisotopic (exact) mass is 698 g/mol. The van der Waals surface area contributed by atoms with E-state index in [1.165, 1.54) is 60.8 Å². The minimum Gasteiger partial charge on any atom is -0.115 e. The molecule has 8 fully saturated rings. The first-order chi connectivity index (χ1) is 25.6. The lowest BCUT2D eigenvalue weighted by molar-refractivity contribution is -0.128. The molecular formula is C54H50. The van der Waals surface area contributed by atoms with E-state index in [1.54, 1.807) is 0 Å². The lowest BCUT2D eigenvalue weighted by Gasteiger charge is -2.70. The van der Waals surface area contributed by atoms with E-state index in [0.29, 0.717) is 11.1 Å². The van der Waals surface area contributed by atoms with Crippen molar-refractivity contribution < 1.29 is 0 Å². The van der Waals surface area contributed by atoms with Gasteiger partial charge in [0.15, 0.2) is 0 Å². The molecule has 0 spiro atoms. The van der Waals surface area contributed by atoms with Gasteiger partial charge in [0.2, 0.25) is 0 Å². The Balaban J connectivity index is 1.13. The molecule has 0 aromatic heterocycles.